The molecule has 0 amide bonds. The summed E-state index contributed by atoms with van der Waals surface area (Å²) >= 11 is 0. The zero-order valence-corrected chi connectivity index (χ0v) is 21.5. The van der Waals surface area contributed by atoms with Crippen molar-refractivity contribution in [1.29, 1.82) is 0 Å². The van der Waals surface area contributed by atoms with Crippen LogP contribution < -0.4 is 10.4 Å². The lowest BCUT2D eigenvalue weighted by atomic mass is 10.0. The first-order chi connectivity index (χ1) is 15.0. The first kappa shape index (κ1) is 24.6. The van der Waals surface area contributed by atoms with Gasteiger partial charge in [-0.2, -0.15) is 0 Å². The van der Waals surface area contributed by atoms with Crippen LogP contribution in [0.25, 0.3) is 0 Å². The van der Waals surface area contributed by atoms with E-state index in [1.807, 2.05) is 12.1 Å². The summed E-state index contributed by atoms with van der Waals surface area (Å²) in [7, 11) is -5.87. The van der Waals surface area contributed by atoms with E-state index in [4.69, 9.17) is 4.43 Å². The molecule has 2 aromatic carbocycles. The summed E-state index contributed by atoms with van der Waals surface area (Å²) in [6.45, 7) is 10.2. The molecule has 1 unspecified atom stereocenters. The molecule has 0 bridgehead atoms. The zero-order valence-electron chi connectivity index (χ0n) is 19.7. The number of carbonyl (C=O) groups excluding carboxylic acids is 1. The SMILES string of the molecule is CC(=O)C1=C(CCC(C)O[Si](c2ccccc2)(c2ccccc2)C(C)(C)C)CS(=O)(=O)C1. The predicted molar refractivity (Wildman–Crippen MR) is 134 cm³/mol. The Morgan fingerprint density at radius 3 is 1.91 bits per heavy atom. The van der Waals surface area contributed by atoms with Crippen molar-refractivity contribution in [2.45, 2.75) is 58.6 Å². The van der Waals surface area contributed by atoms with Crippen molar-refractivity contribution in [3.05, 3.63) is 71.8 Å². The van der Waals surface area contributed by atoms with E-state index in [0.29, 0.717) is 18.4 Å². The molecule has 1 heterocycles. The molecule has 3 rings (SSSR count). The molecule has 0 saturated heterocycles. The van der Waals surface area contributed by atoms with Crippen molar-refractivity contribution in [1.82, 2.24) is 0 Å². The Hall–Kier alpha value is -2.02. The lowest BCUT2D eigenvalue weighted by Crippen LogP contribution is -2.67. The van der Waals surface area contributed by atoms with Crippen molar-refractivity contribution >= 4 is 34.3 Å². The first-order valence-electron chi connectivity index (χ1n) is 11.2. The summed E-state index contributed by atoms with van der Waals surface area (Å²) in [6, 6.07) is 21.0. The van der Waals surface area contributed by atoms with Gasteiger partial charge in [-0.05, 0) is 47.7 Å². The fourth-order valence-electron chi connectivity index (χ4n) is 4.73. The molecule has 1 atom stereocenters. The van der Waals surface area contributed by atoms with Gasteiger partial charge in [-0.1, -0.05) is 81.4 Å². The molecule has 0 aliphatic carbocycles. The van der Waals surface area contributed by atoms with Crippen LogP contribution in [0.15, 0.2) is 71.8 Å². The molecule has 0 N–H and O–H groups in total. The molecular formula is C26H34O4SSi. The summed E-state index contributed by atoms with van der Waals surface area (Å²) in [5.41, 5.74) is 1.23. The van der Waals surface area contributed by atoms with Crippen LogP contribution in [0.4, 0.5) is 0 Å². The van der Waals surface area contributed by atoms with Crippen LogP contribution in [-0.4, -0.2) is 40.1 Å². The molecule has 0 saturated carbocycles. The van der Waals surface area contributed by atoms with Crippen LogP contribution in [0.1, 0.15) is 47.5 Å². The van der Waals surface area contributed by atoms with Crippen molar-refractivity contribution < 1.29 is 17.6 Å². The molecule has 172 valence electrons. The third kappa shape index (κ3) is 5.13. The molecule has 2 aromatic rings. The molecule has 0 fully saturated rings. The monoisotopic (exact) mass is 470 g/mol. The van der Waals surface area contributed by atoms with Crippen LogP contribution in [0, 0.1) is 0 Å². The minimum Gasteiger partial charge on any atom is -0.405 e. The van der Waals surface area contributed by atoms with Crippen LogP contribution >= 0.6 is 0 Å². The summed E-state index contributed by atoms with van der Waals surface area (Å²) in [4.78, 5) is 12.0. The Kier molecular flexibility index (Phi) is 7.27. The largest absolute Gasteiger partial charge is 0.405 e. The second kappa shape index (κ2) is 9.46. The highest BCUT2D eigenvalue weighted by Gasteiger charge is 2.51. The highest BCUT2D eigenvalue weighted by Crippen LogP contribution is 2.38. The number of ketones is 1. The quantitative estimate of drug-likeness (QED) is 0.546. The molecule has 32 heavy (non-hydrogen) atoms. The van der Waals surface area contributed by atoms with E-state index in [-0.39, 0.29) is 28.4 Å². The Morgan fingerprint density at radius 2 is 1.47 bits per heavy atom. The van der Waals surface area contributed by atoms with Gasteiger partial charge in [0.25, 0.3) is 8.32 Å². The maximum absolute atomic E-state index is 12.1. The van der Waals surface area contributed by atoms with E-state index in [9.17, 15) is 13.2 Å². The second-order valence-electron chi connectivity index (χ2n) is 9.80. The normalized spacial score (nSPS) is 17.4. The van der Waals surface area contributed by atoms with E-state index in [0.717, 1.165) is 5.57 Å². The molecule has 1 aliphatic rings. The number of hydrogen-bond acceptors (Lipinski definition) is 4. The van der Waals surface area contributed by atoms with Gasteiger partial charge in [0, 0.05) is 11.7 Å². The summed E-state index contributed by atoms with van der Waals surface area (Å²) in [6.07, 6.45) is 1.14. The smallest absolute Gasteiger partial charge is 0.261 e. The summed E-state index contributed by atoms with van der Waals surface area (Å²) < 4.78 is 31.3. The topological polar surface area (TPSA) is 60.4 Å². The maximum atomic E-state index is 12.1. The summed E-state index contributed by atoms with van der Waals surface area (Å²) in [5, 5.41) is 2.32. The molecule has 0 spiro atoms. The average molecular weight is 471 g/mol. The molecule has 0 radical (unpaired) electrons. The number of benzene rings is 2. The van der Waals surface area contributed by atoms with Gasteiger partial charge in [-0.15, -0.1) is 0 Å². The molecule has 4 nitrogen and oxygen atoms in total. The van der Waals surface area contributed by atoms with E-state index in [2.05, 4.69) is 76.2 Å². The van der Waals surface area contributed by atoms with Gasteiger partial charge in [-0.3, -0.25) is 4.79 Å². The van der Waals surface area contributed by atoms with Gasteiger partial charge in [-0.25, -0.2) is 8.42 Å². The van der Waals surface area contributed by atoms with Crippen molar-refractivity contribution in [3.8, 4) is 0 Å². The highest BCUT2D eigenvalue weighted by molar-refractivity contribution is 7.92. The minimum atomic E-state index is -3.21. The fraction of sp³-hybridized carbons (Fsp3) is 0.423. The summed E-state index contributed by atoms with van der Waals surface area (Å²) in [5.74, 6) is -0.267. The highest BCUT2D eigenvalue weighted by atomic mass is 32.2. The van der Waals surface area contributed by atoms with Gasteiger partial charge in [0.2, 0.25) is 0 Å². The fourth-order valence-corrected chi connectivity index (χ4v) is 11.3. The van der Waals surface area contributed by atoms with Crippen molar-refractivity contribution in [3.63, 3.8) is 0 Å². The molecule has 6 heteroatoms. The first-order valence-corrected chi connectivity index (χ1v) is 14.9. The predicted octanol–water partition coefficient (Wildman–Crippen LogP) is 4.05. The minimum absolute atomic E-state index is 0.00611. The Balaban J connectivity index is 1.94. The van der Waals surface area contributed by atoms with Gasteiger partial charge in [0.15, 0.2) is 15.6 Å². The van der Waals surface area contributed by atoms with Crippen LogP contribution in [-0.2, 0) is 19.1 Å². The standard InChI is InChI=1S/C26H34O4SSi/c1-20(16-17-22-18-31(28,29)19-25(22)21(2)27)30-32(26(3,4)5,23-12-8-6-9-13-23)24-14-10-7-11-15-24/h6-15,20H,16-19H2,1-5H3. The Labute approximate surface area is 193 Å². The Bertz CT molecular complexity index is 1040. The molecular weight excluding hydrogens is 436 g/mol. The number of hydrogen-bond donors (Lipinski definition) is 0. The van der Waals surface area contributed by atoms with Crippen LogP contribution in [0.5, 0.6) is 0 Å². The maximum Gasteiger partial charge on any atom is 0.261 e. The van der Waals surface area contributed by atoms with Crippen molar-refractivity contribution in [2.24, 2.45) is 0 Å². The van der Waals surface area contributed by atoms with Crippen molar-refractivity contribution in [2.75, 3.05) is 11.5 Å². The van der Waals surface area contributed by atoms with Crippen LogP contribution in [0.2, 0.25) is 5.04 Å². The molecule has 0 aromatic heterocycles. The van der Waals surface area contributed by atoms with Gasteiger partial charge in [0.1, 0.15) is 0 Å². The third-order valence-corrected chi connectivity index (χ3v) is 12.9. The lowest BCUT2D eigenvalue weighted by Gasteiger charge is -2.44. The number of sulfone groups is 1. The Morgan fingerprint density at radius 1 is 0.969 bits per heavy atom. The van der Waals surface area contributed by atoms with E-state index in [1.54, 1.807) is 0 Å². The van der Waals surface area contributed by atoms with E-state index < -0.39 is 18.2 Å². The second-order valence-corrected chi connectivity index (χ2v) is 16.1. The number of Topliss-reactive ketones (excluding diaryl/α,β-unsaturated/α-hetero) is 1. The number of carbonyl (C=O) groups is 1. The number of rotatable bonds is 8. The van der Waals surface area contributed by atoms with Gasteiger partial charge >= 0.3 is 0 Å². The van der Waals surface area contributed by atoms with Gasteiger partial charge < -0.3 is 4.43 Å². The lowest BCUT2D eigenvalue weighted by molar-refractivity contribution is -0.113. The zero-order chi connectivity index (χ0) is 23.6. The van der Waals surface area contributed by atoms with Crippen LogP contribution in [0.3, 0.4) is 0 Å². The third-order valence-electron chi connectivity index (χ3n) is 6.26. The van der Waals surface area contributed by atoms with E-state index >= 15 is 0 Å². The molecule has 1 aliphatic heterocycles. The van der Waals surface area contributed by atoms with Gasteiger partial charge in [0.05, 0.1) is 11.5 Å². The van der Waals surface area contributed by atoms with E-state index in [1.165, 1.54) is 17.3 Å². The average Bonchev–Trinajstić information content (AvgIpc) is 3.06.